The molecule has 9 heteroatoms. The van der Waals surface area contributed by atoms with Crippen molar-refractivity contribution in [2.24, 2.45) is 12.8 Å². The summed E-state index contributed by atoms with van der Waals surface area (Å²) in [5, 5.41) is 5.35. The second-order valence-corrected chi connectivity index (χ2v) is 8.42. The van der Waals surface area contributed by atoms with Crippen LogP contribution in [0, 0.1) is 6.92 Å². The smallest absolute Gasteiger partial charge is 0.272 e. The maximum atomic E-state index is 12.8. The van der Waals surface area contributed by atoms with Crippen LogP contribution in [0.25, 0.3) is 10.1 Å². The molecule has 0 aliphatic rings. The molecule has 1 aromatic carbocycles. The van der Waals surface area contributed by atoms with Crippen LogP contribution in [-0.4, -0.2) is 18.2 Å². The number of aryl methyl sites for hydroxylation is 2. The number of nitrogens with zero attached hydrogens (tertiary/aromatic N) is 2. The summed E-state index contributed by atoms with van der Waals surface area (Å²) in [5.41, 5.74) is 6.90. The van der Waals surface area contributed by atoms with Crippen LogP contribution in [0.2, 0.25) is 5.02 Å². The lowest BCUT2D eigenvalue weighted by Gasteiger charge is -2.09. The van der Waals surface area contributed by atoms with Crippen molar-refractivity contribution in [1.82, 2.24) is 9.78 Å². The molecule has 2 heterocycles. The van der Waals surface area contributed by atoms with Crippen molar-refractivity contribution in [3.8, 4) is 0 Å². The quantitative estimate of drug-likeness (QED) is 0.738. The highest BCUT2D eigenvalue weighted by atomic mass is 35.5. The molecule has 0 amide bonds. The van der Waals surface area contributed by atoms with Crippen LogP contribution >= 0.6 is 22.9 Å². The van der Waals surface area contributed by atoms with E-state index >= 15 is 0 Å². The molecule has 0 saturated carbocycles. The average molecular weight is 371 g/mol. The Morgan fingerprint density at radius 3 is 2.83 bits per heavy atom. The second kappa shape index (κ2) is 5.79. The van der Waals surface area contributed by atoms with E-state index in [1.54, 1.807) is 32.3 Å². The van der Waals surface area contributed by atoms with Crippen molar-refractivity contribution in [3.63, 3.8) is 0 Å². The molecule has 0 spiro atoms. The van der Waals surface area contributed by atoms with E-state index in [-0.39, 0.29) is 10.8 Å². The minimum Gasteiger partial charge on any atom is -0.326 e. The van der Waals surface area contributed by atoms with Crippen molar-refractivity contribution < 1.29 is 8.42 Å². The molecule has 122 valence electrons. The number of nitrogens with one attached hydrogen (secondary N) is 1. The van der Waals surface area contributed by atoms with Gasteiger partial charge in [-0.25, -0.2) is 8.42 Å². The van der Waals surface area contributed by atoms with Gasteiger partial charge in [-0.2, -0.15) is 5.10 Å². The topological polar surface area (TPSA) is 90.0 Å². The van der Waals surface area contributed by atoms with Crippen LogP contribution in [0.1, 0.15) is 11.1 Å². The molecule has 0 bridgehead atoms. The van der Waals surface area contributed by atoms with Crippen molar-refractivity contribution in [2.75, 3.05) is 4.72 Å². The molecule has 3 N–H and O–H groups in total. The number of hydrogen-bond donors (Lipinski definition) is 2. The lowest BCUT2D eigenvalue weighted by atomic mass is 10.2. The largest absolute Gasteiger partial charge is 0.326 e. The zero-order chi connectivity index (χ0) is 16.8. The normalized spacial score (nSPS) is 12.0. The number of rotatable bonds is 4. The van der Waals surface area contributed by atoms with Gasteiger partial charge in [-0.1, -0.05) is 17.7 Å². The van der Waals surface area contributed by atoms with Gasteiger partial charge in [0.15, 0.2) is 0 Å². The first-order valence-corrected chi connectivity index (χ1v) is 9.44. The number of hydrogen-bond acceptors (Lipinski definition) is 5. The summed E-state index contributed by atoms with van der Waals surface area (Å²) in [6.07, 6.45) is 1.55. The Kier molecular flexibility index (Phi) is 4.09. The second-order valence-electron chi connectivity index (χ2n) is 5.08. The van der Waals surface area contributed by atoms with Gasteiger partial charge in [-0.3, -0.25) is 9.40 Å². The molecule has 0 radical (unpaired) electrons. The van der Waals surface area contributed by atoms with E-state index in [4.69, 9.17) is 17.3 Å². The SMILES string of the molecule is Cc1c(S(=O)(=O)Nc2c(CN)cnn2C)sc2cccc(Cl)c12. The van der Waals surface area contributed by atoms with Gasteiger partial charge < -0.3 is 5.73 Å². The fraction of sp³-hybridized carbons (Fsp3) is 0.214. The minimum absolute atomic E-state index is 0.197. The number of benzene rings is 1. The molecule has 0 atom stereocenters. The summed E-state index contributed by atoms with van der Waals surface area (Å²) < 4.78 is 30.7. The Hall–Kier alpha value is -1.61. The van der Waals surface area contributed by atoms with E-state index in [0.717, 1.165) is 10.1 Å². The Balaban J connectivity index is 2.12. The number of nitrogens with two attached hydrogens (primary N) is 1. The predicted octanol–water partition coefficient (Wildman–Crippen LogP) is 2.86. The monoisotopic (exact) mass is 370 g/mol. The maximum absolute atomic E-state index is 12.8. The van der Waals surface area contributed by atoms with E-state index < -0.39 is 10.0 Å². The highest BCUT2D eigenvalue weighted by molar-refractivity contribution is 7.94. The molecule has 0 saturated heterocycles. The van der Waals surface area contributed by atoms with Crippen LogP contribution < -0.4 is 10.5 Å². The lowest BCUT2D eigenvalue weighted by Crippen LogP contribution is -2.16. The molecular formula is C14H15ClN4O2S2. The van der Waals surface area contributed by atoms with E-state index in [0.29, 0.717) is 22.0 Å². The zero-order valence-electron chi connectivity index (χ0n) is 12.5. The van der Waals surface area contributed by atoms with Crippen LogP contribution in [0.15, 0.2) is 28.6 Å². The molecular weight excluding hydrogens is 356 g/mol. The summed E-state index contributed by atoms with van der Waals surface area (Å²) in [7, 11) is -2.10. The Morgan fingerprint density at radius 1 is 1.43 bits per heavy atom. The number of thiophene rings is 1. The molecule has 0 aliphatic heterocycles. The molecule has 2 aromatic heterocycles. The highest BCUT2D eigenvalue weighted by Crippen LogP contribution is 2.38. The predicted molar refractivity (Wildman–Crippen MR) is 93.5 cm³/mol. The van der Waals surface area contributed by atoms with Crippen molar-refractivity contribution in [2.45, 2.75) is 17.7 Å². The summed E-state index contributed by atoms with van der Waals surface area (Å²) in [4.78, 5) is 0. The van der Waals surface area contributed by atoms with Gasteiger partial charge in [-0.05, 0) is 24.6 Å². The number of fused-ring (bicyclic) bond motifs is 1. The summed E-state index contributed by atoms with van der Waals surface area (Å²) >= 11 is 7.39. The Bertz CT molecular complexity index is 992. The number of aromatic nitrogens is 2. The molecule has 0 fully saturated rings. The highest BCUT2D eigenvalue weighted by Gasteiger charge is 2.24. The molecule has 0 aliphatic carbocycles. The number of anilines is 1. The van der Waals surface area contributed by atoms with Crippen LogP contribution in [0.3, 0.4) is 0 Å². The van der Waals surface area contributed by atoms with Gasteiger partial charge in [-0.15, -0.1) is 11.3 Å². The van der Waals surface area contributed by atoms with Gasteiger partial charge >= 0.3 is 0 Å². The first kappa shape index (κ1) is 16.3. The fourth-order valence-corrected chi connectivity index (χ4v) is 5.71. The lowest BCUT2D eigenvalue weighted by molar-refractivity contribution is 0.601. The van der Waals surface area contributed by atoms with Crippen LogP contribution in [0.5, 0.6) is 0 Å². The average Bonchev–Trinajstić information content (AvgIpc) is 3.02. The molecule has 6 nitrogen and oxygen atoms in total. The standard InChI is InChI=1S/C14H15ClN4O2S2/c1-8-12-10(15)4-3-5-11(12)22-14(8)23(20,21)18-13-9(6-16)7-17-19(13)2/h3-5,7,18H,6,16H2,1-2H3. The third kappa shape index (κ3) is 2.72. The van der Waals surface area contributed by atoms with Crippen molar-refractivity contribution >= 4 is 48.9 Å². The summed E-state index contributed by atoms with van der Waals surface area (Å²) in [6, 6.07) is 5.41. The van der Waals surface area contributed by atoms with Crippen molar-refractivity contribution in [1.29, 1.82) is 0 Å². The van der Waals surface area contributed by atoms with Gasteiger partial charge in [0.1, 0.15) is 10.0 Å². The van der Waals surface area contributed by atoms with Gasteiger partial charge in [0, 0.05) is 34.3 Å². The molecule has 3 aromatic rings. The van der Waals surface area contributed by atoms with Crippen LogP contribution in [-0.2, 0) is 23.6 Å². The van der Waals surface area contributed by atoms with E-state index in [1.165, 1.54) is 16.0 Å². The maximum Gasteiger partial charge on any atom is 0.272 e. The van der Waals surface area contributed by atoms with Crippen molar-refractivity contribution in [3.05, 3.63) is 40.5 Å². The Morgan fingerprint density at radius 2 is 2.17 bits per heavy atom. The summed E-state index contributed by atoms with van der Waals surface area (Å²) in [6.45, 7) is 1.95. The first-order valence-electron chi connectivity index (χ1n) is 6.76. The third-order valence-corrected chi connectivity index (χ3v) is 7.10. The first-order chi connectivity index (χ1) is 10.8. The van der Waals surface area contributed by atoms with Gasteiger partial charge in [0.2, 0.25) is 0 Å². The van der Waals surface area contributed by atoms with Gasteiger partial charge in [0.05, 0.1) is 6.20 Å². The minimum atomic E-state index is -3.75. The van der Waals surface area contributed by atoms with E-state index in [1.807, 2.05) is 6.07 Å². The number of sulfonamides is 1. The molecule has 3 rings (SSSR count). The van der Waals surface area contributed by atoms with Crippen LogP contribution in [0.4, 0.5) is 5.82 Å². The molecule has 23 heavy (non-hydrogen) atoms. The Labute approximate surface area is 142 Å². The fourth-order valence-electron chi connectivity index (χ4n) is 2.43. The third-order valence-electron chi connectivity index (χ3n) is 3.57. The summed E-state index contributed by atoms with van der Waals surface area (Å²) in [5.74, 6) is 0.371. The van der Waals surface area contributed by atoms with E-state index in [2.05, 4.69) is 9.82 Å². The number of halogens is 1. The van der Waals surface area contributed by atoms with E-state index in [9.17, 15) is 8.42 Å². The molecule has 0 unspecified atom stereocenters. The zero-order valence-corrected chi connectivity index (χ0v) is 14.9. The van der Waals surface area contributed by atoms with Gasteiger partial charge in [0.25, 0.3) is 10.0 Å².